The van der Waals surface area contributed by atoms with Crippen molar-refractivity contribution in [2.24, 2.45) is 0 Å². The highest BCUT2D eigenvalue weighted by molar-refractivity contribution is 5.91. The quantitative estimate of drug-likeness (QED) is 0.549. The van der Waals surface area contributed by atoms with Crippen molar-refractivity contribution in [2.75, 3.05) is 12.3 Å². The fourth-order valence-corrected chi connectivity index (χ4v) is 1.89. The third-order valence-corrected chi connectivity index (χ3v) is 2.97. The van der Waals surface area contributed by atoms with Gasteiger partial charge in [0, 0.05) is 30.8 Å². The van der Waals surface area contributed by atoms with Gasteiger partial charge in [-0.2, -0.15) is 0 Å². The first kappa shape index (κ1) is 13.1. The highest BCUT2D eigenvalue weighted by atomic mass is 16.2. The Balaban J connectivity index is 1.77. The molecule has 1 aromatic carbocycles. The highest BCUT2D eigenvalue weighted by Gasteiger charge is 2.20. The number of rotatable bonds is 4. The fraction of sp³-hybridized carbons (Fsp3) is 0.286. The van der Waals surface area contributed by atoms with Crippen LogP contribution in [0.2, 0.25) is 0 Å². The van der Waals surface area contributed by atoms with E-state index < -0.39 is 0 Å². The standard InChI is InChI=1S/C14H17N3O2/c15-11-4-1-10(2-5-11)3-7-13(18)16-9-12-6-8-14(19)17-12/h1-5,7,12H,6,8-9,15H2,(H,16,18)(H,17,19)/b7-3+. The third-order valence-electron chi connectivity index (χ3n) is 2.97. The molecule has 0 radical (unpaired) electrons. The van der Waals surface area contributed by atoms with Crippen molar-refractivity contribution >= 4 is 23.6 Å². The lowest BCUT2D eigenvalue weighted by Crippen LogP contribution is -2.37. The molecule has 4 N–H and O–H groups in total. The van der Waals surface area contributed by atoms with Gasteiger partial charge in [-0.05, 0) is 30.2 Å². The molecule has 0 spiro atoms. The average Bonchev–Trinajstić information content (AvgIpc) is 2.81. The molecule has 2 rings (SSSR count). The van der Waals surface area contributed by atoms with Gasteiger partial charge in [0.1, 0.15) is 0 Å². The third kappa shape index (κ3) is 4.13. The van der Waals surface area contributed by atoms with Crippen molar-refractivity contribution in [1.29, 1.82) is 0 Å². The summed E-state index contributed by atoms with van der Waals surface area (Å²) in [4.78, 5) is 22.6. The van der Waals surface area contributed by atoms with E-state index in [1.807, 2.05) is 12.1 Å². The van der Waals surface area contributed by atoms with E-state index in [4.69, 9.17) is 5.73 Å². The Kier molecular flexibility index (Phi) is 4.18. The van der Waals surface area contributed by atoms with Crippen LogP contribution in [0.5, 0.6) is 0 Å². The smallest absolute Gasteiger partial charge is 0.244 e. The number of amides is 2. The van der Waals surface area contributed by atoms with Gasteiger partial charge in [0.25, 0.3) is 0 Å². The summed E-state index contributed by atoms with van der Waals surface area (Å²) < 4.78 is 0. The van der Waals surface area contributed by atoms with Crippen molar-refractivity contribution in [1.82, 2.24) is 10.6 Å². The number of nitrogens with two attached hydrogens (primary N) is 1. The zero-order valence-corrected chi connectivity index (χ0v) is 10.6. The second-order valence-electron chi connectivity index (χ2n) is 4.55. The molecule has 0 aromatic heterocycles. The zero-order valence-electron chi connectivity index (χ0n) is 10.6. The van der Waals surface area contributed by atoms with E-state index in [1.54, 1.807) is 18.2 Å². The van der Waals surface area contributed by atoms with Crippen LogP contribution in [0.1, 0.15) is 18.4 Å². The Morgan fingerprint density at radius 3 is 2.79 bits per heavy atom. The number of benzene rings is 1. The van der Waals surface area contributed by atoms with Crippen LogP contribution < -0.4 is 16.4 Å². The summed E-state index contributed by atoms with van der Waals surface area (Å²) in [6.45, 7) is 0.469. The summed E-state index contributed by atoms with van der Waals surface area (Å²) in [6.07, 6.45) is 4.52. The Bertz CT molecular complexity index is 494. The summed E-state index contributed by atoms with van der Waals surface area (Å²) in [5.41, 5.74) is 7.18. The van der Waals surface area contributed by atoms with Gasteiger partial charge in [0.05, 0.1) is 0 Å². The van der Waals surface area contributed by atoms with Crippen molar-refractivity contribution in [3.05, 3.63) is 35.9 Å². The second kappa shape index (κ2) is 6.04. The van der Waals surface area contributed by atoms with Gasteiger partial charge in [0.15, 0.2) is 0 Å². The van der Waals surface area contributed by atoms with Crippen molar-refractivity contribution in [3.63, 3.8) is 0 Å². The Labute approximate surface area is 111 Å². The predicted octanol–water partition coefficient (Wildman–Crippen LogP) is 0.677. The first-order valence-electron chi connectivity index (χ1n) is 6.24. The Morgan fingerprint density at radius 1 is 1.42 bits per heavy atom. The number of hydrogen-bond acceptors (Lipinski definition) is 3. The van der Waals surface area contributed by atoms with Gasteiger partial charge in [-0.3, -0.25) is 9.59 Å². The molecule has 1 aromatic rings. The average molecular weight is 259 g/mol. The molecule has 5 heteroatoms. The molecule has 1 aliphatic heterocycles. The van der Waals surface area contributed by atoms with Crippen molar-refractivity contribution in [2.45, 2.75) is 18.9 Å². The molecular formula is C14H17N3O2. The number of carbonyl (C=O) groups is 2. The summed E-state index contributed by atoms with van der Waals surface area (Å²) in [5, 5.41) is 5.56. The number of carbonyl (C=O) groups excluding carboxylic acids is 2. The van der Waals surface area contributed by atoms with Crippen molar-refractivity contribution < 1.29 is 9.59 Å². The molecule has 1 atom stereocenters. The molecule has 1 unspecified atom stereocenters. The van der Waals surface area contributed by atoms with Crippen LogP contribution in [-0.2, 0) is 9.59 Å². The van der Waals surface area contributed by atoms with E-state index in [0.717, 1.165) is 12.0 Å². The summed E-state index contributed by atoms with van der Waals surface area (Å²) >= 11 is 0. The fourth-order valence-electron chi connectivity index (χ4n) is 1.89. The first-order chi connectivity index (χ1) is 9.13. The first-order valence-corrected chi connectivity index (χ1v) is 6.24. The lowest BCUT2D eigenvalue weighted by Gasteiger charge is -2.09. The highest BCUT2D eigenvalue weighted by Crippen LogP contribution is 2.07. The predicted molar refractivity (Wildman–Crippen MR) is 74.1 cm³/mol. The lowest BCUT2D eigenvalue weighted by atomic mass is 10.2. The number of nitrogens with one attached hydrogen (secondary N) is 2. The molecule has 5 nitrogen and oxygen atoms in total. The second-order valence-corrected chi connectivity index (χ2v) is 4.55. The van der Waals surface area contributed by atoms with E-state index in [-0.39, 0.29) is 17.9 Å². The normalized spacial score (nSPS) is 18.5. The molecule has 100 valence electrons. The van der Waals surface area contributed by atoms with Gasteiger partial charge in [-0.15, -0.1) is 0 Å². The lowest BCUT2D eigenvalue weighted by molar-refractivity contribution is -0.120. The topological polar surface area (TPSA) is 84.2 Å². The van der Waals surface area contributed by atoms with Gasteiger partial charge < -0.3 is 16.4 Å². The van der Waals surface area contributed by atoms with Crippen LogP contribution in [0.25, 0.3) is 6.08 Å². The monoisotopic (exact) mass is 259 g/mol. The molecule has 1 fully saturated rings. The van der Waals surface area contributed by atoms with Gasteiger partial charge >= 0.3 is 0 Å². The van der Waals surface area contributed by atoms with Crippen molar-refractivity contribution in [3.8, 4) is 0 Å². The van der Waals surface area contributed by atoms with Crippen LogP contribution in [0, 0.1) is 0 Å². The van der Waals surface area contributed by atoms with Gasteiger partial charge in [-0.1, -0.05) is 12.1 Å². The maximum Gasteiger partial charge on any atom is 0.244 e. The molecule has 0 saturated carbocycles. The largest absolute Gasteiger partial charge is 0.399 e. The number of nitrogen functional groups attached to an aromatic ring is 1. The van der Waals surface area contributed by atoms with Gasteiger partial charge in [0.2, 0.25) is 11.8 Å². The molecule has 19 heavy (non-hydrogen) atoms. The summed E-state index contributed by atoms with van der Waals surface area (Å²) in [6, 6.07) is 7.31. The maximum atomic E-state index is 11.6. The van der Waals surface area contributed by atoms with Crippen LogP contribution in [0.15, 0.2) is 30.3 Å². The van der Waals surface area contributed by atoms with Crippen LogP contribution in [-0.4, -0.2) is 24.4 Å². The minimum Gasteiger partial charge on any atom is -0.399 e. The molecule has 1 heterocycles. The molecular weight excluding hydrogens is 242 g/mol. The number of hydrogen-bond donors (Lipinski definition) is 3. The minimum absolute atomic E-state index is 0.0525. The van der Waals surface area contributed by atoms with E-state index in [2.05, 4.69) is 10.6 Å². The van der Waals surface area contributed by atoms with E-state index in [9.17, 15) is 9.59 Å². The molecule has 0 bridgehead atoms. The van der Waals surface area contributed by atoms with Crippen LogP contribution in [0.4, 0.5) is 5.69 Å². The van der Waals surface area contributed by atoms with Crippen LogP contribution in [0.3, 0.4) is 0 Å². The SMILES string of the molecule is Nc1ccc(/C=C/C(=O)NCC2CCC(=O)N2)cc1. The van der Waals surface area contributed by atoms with Crippen LogP contribution >= 0.6 is 0 Å². The van der Waals surface area contributed by atoms with E-state index in [1.165, 1.54) is 6.08 Å². The molecule has 0 aliphatic carbocycles. The summed E-state index contributed by atoms with van der Waals surface area (Å²) in [5.74, 6) is -0.116. The maximum absolute atomic E-state index is 11.6. The molecule has 1 aliphatic rings. The Hall–Kier alpha value is -2.30. The number of anilines is 1. The minimum atomic E-state index is -0.169. The summed E-state index contributed by atoms with van der Waals surface area (Å²) in [7, 11) is 0. The zero-order chi connectivity index (χ0) is 13.7. The van der Waals surface area contributed by atoms with E-state index >= 15 is 0 Å². The Morgan fingerprint density at radius 2 is 2.16 bits per heavy atom. The van der Waals surface area contributed by atoms with Gasteiger partial charge in [-0.25, -0.2) is 0 Å². The molecule has 1 saturated heterocycles. The molecule has 2 amide bonds. The van der Waals surface area contributed by atoms with E-state index in [0.29, 0.717) is 18.7 Å².